The third-order valence-electron chi connectivity index (χ3n) is 5.48. The molecule has 2 aromatic heterocycles. The molecule has 4 rings (SSSR count). The first-order valence-electron chi connectivity index (χ1n) is 11.1. The second kappa shape index (κ2) is 12.5. The highest BCUT2D eigenvalue weighted by atomic mass is 127. The van der Waals surface area contributed by atoms with Gasteiger partial charge in [-0.1, -0.05) is 18.2 Å². The van der Waals surface area contributed by atoms with Gasteiger partial charge in [-0.25, -0.2) is 9.67 Å². The number of nitrogens with one attached hydrogen (secondary N) is 2. The molecule has 7 nitrogen and oxygen atoms in total. The van der Waals surface area contributed by atoms with E-state index in [9.17, 15) is 0 Å². The van der Waals surface area contributed by atoms with E-state index in [0.29, 0.717) is 12.6 Å². The molecule has 170 valence electrons. The van der Waals surface area contributed by atoms with Crippen molar-refractivity contribution in [2.24, 2.45) is 4.99 Å². The normalized spacial score (nSPS) is 15.2. The molecule has 2 N–H and O–H groups in total. The molecule has 3 aromatic rings. The summed E-state index contributed by atoms with van der Waals surface area (Å²) in [6, 6.07) is 16.8. The molecule has 0 aliphatic carbocycles. The number of hydrogen-bond acceptors (Lipinski definition) is 4. The van der Waals surface area contributed by atoms with Gasteiger partial charge in [0.2, 0.25) is 0 Å². The number of guanidine groups is 1. The lowest BCUT2D eigenvalue weighted by molar-refractivity contribution is 0.196. The minimum absolute atomic E-state index is 0. The van der Waals surface area contributed by atoms with Gasteiger partial charge in [-0.2, -0.15) is 5.10 Å². The fourth-order valence-electron chi connectivity index (χ4n) is 3.86. The van der Waals surface area contributed by atoms with Gasteiger partial charge in [0.05, 0.1) is 17.9 Å². The summed E-state index contributed by atoms with van der Waals surface area (Å²) < 4.78 is 1.87. The van der Waals surface area contributed by atoms with Crippen LogP contribution in [0, 0.1) is 0 Å². The zero-order chi connectivity index (χ0) is 21.3. The number of benzene rings is 1. The molecule has 1 saturated heterocycles. The third kappa shape index (κ3) is 7.03. The van der Waals surface area contributed by atoms with Crippen LogP contribution in [0.2, 0.25) is 0 Å². The number of aliphatic imine (C=N–C) groups is 1. The van der Waals surface area contributed by atoms with Crippen molar-refractivity contribution in [3.8, 4) is 5.69 Å². The summed E-state index contributed by atoms with van der Waals surface area (Å²) in [5, 5.41) is 11.3. The van der Waals surface area contributed by atoms with Gasteiger partial charge in [-0.3, -0.25) is 9.88 Å². The fourth-order valence-corrected chi connectivity index (χ4v) is 3.86. The number of hydrogen-bond donors (Lipinski definition) is 2. The van der Waals surface area contributed by atoms with E-state index in [1.807, 2.05) is 29.2 Å². The van der Waals surface area contributed by atoms with Gasteiger partial charge in [0.15, 0.2) is 5.96 Å². The molecule has 1 aromatic carbocycles. The van der Waals surface area contributed by atoms with Crippen LogP contribution < -0.4 is 10.6 Å². The second-order valence-electron chi connectivity index (χ2n) is 7.83. The average Bonchev–Trinajstić information content (AvgIpc) is 3.35. The van der Waals surface area contributed by atoms with Crippen molar-refractivity contribution in [1.82, 2.24) is 30.3 Å². The van der Waals surface area contributed by atoms with E-state index >= 15 is 0 Å². The lowest BCUT2D eigenvalue weighted by Crippen LogP contribution is -2.48. The molecule has 32 heavy (non-hydrogen) atoms. The summed E-state index contributed by atoms with van der Waals surface area (Å²) in [6.07, 6.45) is 7.82. The van der Waals surface area contributed by atoms with E-state index in [4.69, 9.17) is 4.99 Å². The maximum atomic E-state index is 4.83. The van der Waals surface area contributed by atoms with Gasteiger partial charge < -0.3 is 10.6 Å². The number of rotatable bonds is 7. The Hall–Kier alpha value is -2.46. The topological polar surface area (TPSA) is 70.4 Å². The minimum atomic E-state index is 0. The van der Waals surface area contributed by atoms with Crippen LogP contribution >= 0.6 is 24.0 Å². The highest BCUT2D eigenvalue weighted by Gasteiger charge is 2.20. The first-order valence-corrected chi connectivity index (χ1v) is 11.1. The molecular weight excluding hydrogens is 513 g/mol. The summed E-state index contributed by atoms with van der Waals surface area (Å²) in [6.45, 7) is 6.64. The SMILES string of the molecule is CCNC(=NCc1cccc(-n2cccn2)c1)NC1CCN(Cc2ccccn2)CC1.I. The lowest BCUT2D eigenvalue weighted by atomic mass is 10.0. The predicted octanol–water partition coefficient (Wildman–Crippen LogP) is 3.61. The van der Waals surface area contributed by atoms with E-state index in [1.54, 1.807) is 6.20 Å². The number of likely N-dealkylation sites (tertiary alicyclic amines) is 1. The maximum absolute atomic E-state index is 4.83. The Morgan fingerprint density at radius 1 is 1.09 bits per heavy atom. The molecule has 0 bridgehead atoms. The van der Waals surface area contributed by atoms with Crippen LogP contribution in [0.3, 0.4) is 0 Å². The largest absolute Gasteiger partial charge is 0.357 e. The summed E-state index contributed by atoms with van der Waals surface area (Å²) in [4.78, 5) is 11.8. The number of nitrogens with zero attached hydrogens (tertiary/aromatic N) is 5. The fraction of sp³-hybridized carbons (Fsp3) is 0.375. The molecule has 0 unspecified atom stereocenters. The Morgan fingerprint density at radius 2 is 1.97 bits per heavy atom. The van der Waals surface area contributed by atoms with Gasteiger partial charge >= 0.3 is 0 Å². The van der Waals surface area contributed by atoms with Crippen LogP contribution in [0.5, 0.6) is 0 Å². The van der Waals surface area contributed by atoms with Crippen LogP contribution in [-0.4, -0.2) is 51.3 Å². The Labute approximate surface area is 207 Å². The van der Waals surface area contributed by atoms with Crippen molar-refractivity contribution in [2.75, 3.05) is 19.6 Å². The number of aromatic nitrogens is 3. The van der Waals surface area contributed by atoms with Gasteiger partial charge in [-0.05, 0) is 55.7 Å². The van der Waals surface area contributed by atoms with Crippen LogP contribution in [0.15, 0.2) is 72.1 Å². The van der Waals surface area contributed by atoms with Gasteiger partial charge in [0.1, 0.15) is 0 Å². The molecule has 0 atom stereocenters. The molecular formula is C24H32IN7. The van der Waals surface area contributed by atoms with Crippen LogP contribution in [0.4, 0.5) is 0 Å². The highest BCUT2D eigenvalue weighted by Crippen LogP contribution is 2.14. The van der Waals surface area contributed by atoms with Crippen molar-refractivity contribution in [3.63, 3.8) is 0 Å². The number of pyridine rings is 1. The van der Waals surface area contributed by atoms with Crippen LogP contribution in [0.1, 0.15) is 31.0 Å². The van der Waals surface area contributed by atoms with E-state index in [0.717, 1.165) is 61.9 Å². The number of piperidine rings is 1. The lowest BCUT2D eigenvalue weighted by Gasteiger charge is -2.32. The Bertz CT molecular complexity index is 951. The second-order valence-corrected chi connectivity index (χ2v) is 7.83. The summed E-state index contributed by atoms with van der Waals surface area (Å²) >= 11 is 0. The van der Waals surface area contributed by atoms with Gasteiger partial charge in [0, 0.05) is 50.8 Å². The van der Waals surface area contributed by atoms with Crippen LogP contribution in [-0.2, 0) is 13.1 Å². The highest BCUT2D eigenvalue weighted by molar-refractivity contribution is 14.0. The zero-order valence-electron chi connectivity index (χ0n) is 18.5. The van der Waals surface area contributed by atoms with Crippen molar-refractivity contribution >= 4 is 29.9 Å². The Morgan fingerprint density at radius 3 is 2.69 bits per heavy atom. The Kier molecular flexibility index (Phi) is 9.48. The first-order chi connectivity index (χ1) is 15.3. The van der Waals surface area contributed by atoms with Crippen molar-refractivity contribution in [2.45, 2.75) is 38.9 Å². The summed E-state index contributed by atoms with van der Waals surface area (Å²) in [7, 11) is 0. The standard InChI is InChI=1S/C24H31N7.HI/c1-2-25-24(27-18-20-7-5-9-23(17-20)31-14-6-13-28-31)29-21-10-15-30(16-11-21)19-22-8-3-4-12-26-22;/h3-9,12-14,17,21H,2,10-11,15-16,18-19H2,1H3,(H2,25,27,29);1H. The van der Waals surface area contributed by atoms with Gasteiger partial charge in [0.25, 0.3) is 0 Å². The van der Waals surface area contributed by atoms with E-state index in [2.05, 4.69) is 68.9 Å². The molecule has 0 spiro atoms. The number of halogens is 1. The van der Waals surface area contributed by atoms with E-state index in [-0.39, 0.29) is 24.0 Å². The van der Waals surface area contributed by atoms with E-state index < -0.39 is 0 Å². The molecule has 1 fully saturated rings. The van der Waals surface area contributed by atoms with Gasteiger partial charge in [-0.15, -0.1) is 24.0 Å². The summed E-state index contributed by atoms with van der Waals surface area (Å²) in [5.74, 6) is 0.884. The third-order valence-corrected chi connectivity index (χ3v) is 5.48. The Balaban J connectivity index is 0.00000289. The molecule has 0 amide bonds. The van der Waals surface area contributed by atoms with E-state index in [1.165, 1.54) is 0 Å². The molecule has 0 radical (unpaired) electrons. The maximum Gasteiger partial charge on any atom is 0.191 e. The molecule has 8 heteroatoms. The van der Waals surface area contributed by atoms with Crippen molar-refractivity contribution in [1.29, 1.82) is 0 Å². The van der Waals surface area contributed by atoms with Crippen molar-refractivity contribution < 1.29 is 0 Å². The molecule has 3 heterocycles. The monoisotopic (exact) mass is 545 g/mol. The minimum Gasteiger partial charge on any atom is -0.357 e. The van der Waals surface area contributed by atoms with Crippen LogP contribution in [0.25, 0.3) is 5.69 Å². The zero-order valence-corrected chi connectivity index (χ0v) is 20.9. The van der Waals surface area contributed by atoms with Crippen molar-refractivity contribution in [3.05, 3.63) is 78.4 Å². The first kappa shape index (κ1) is 24.2. The molecule has 1 aliphatic heterocycles. The molecule has 0 saturated carbocycles. The molecule has 1 aliphatic rings. The quantitative estimate of drug-likeness (QED) is 0.270. The predicted molar refractivity (Wildman–Crippen MR) is 139 cm³/mol. The smallest absolute Gasteiger partial charge is 0.191 e. The summed E-state index contributed by atoms with van der Waals surface area (Å²) in [5.41, 5.74) is 3.35. The average molecular weight is 545 g/mol.